The summed E-state index contributed by atoms with van der Waals surface area (Å²) in [6.45, 7) is 5.37. The molecule has 28 heavy (non-hydrogen) atoms. The molecule has 7 heteroatoms. The van der Waals surface area contributed by atoms with Crippen molar-refractivity contribution in [2.75, 3.05) is 10.6 Å². The van der Waals surface area contributed by atoms with Gasteiger partial charge in [0, 0.05) is 17.3 Å². The van der Waals surface area contributed by atoms with E-state index in [1.54, 1.807) is 31.2 Å². The van der Waals surface area contributed by atoms with E-state index in [9.17, 15) is 9.59 Å². The van der Waals surface area contributed by atoms with Crippen molar-refractivity contribution in [3.8, 4) is 5.69 Å². The van der Waals surface area contributed by atoms with Crippen molar-refractivity contribution in [3.63, 3.8) is 0 Å². The molecule has 0 bridgehead atoms. The van der Waals surface area contributed by atoms with Gasteiger partial charge in [-0.1, -0.05) is 49.7 Å². The summed E-state index contributed by atoms with van der Waals surface area (Å²) in [5.74, 6) is -0.591. The summed E-state index contributed by atoms with van der Waals surface area (Å²) in [5, 5.41) is 10.3. The van der Waals surface area contributed by atoms with Crippen LogP contribution in [0.4, 0.5) is 11.4 Å². The van der Waals surface area contributed by atoms with Crippen molar-refractivity contribution < 1.29 is 9.59 Å². The van der Waals surface area contributed by atoms with Crippen molar-refractivity contribution in [2.24, 2.45) is 5.92 Å². The Hall–Kier alpha value is -3.12. The predicted octanol–water partition coefficient (Wildman–Crippen LogP) is 4.68. The first-order chi connectivity index (χ1) is 13.4. The van der Waals surface area contributed by atoms with Gasteiger partial charge in [0.05, 0.1) is 11.4 Å². The maximum Gasteiger partial charge on any atom is 0.260 e. The van der Waals surface area contributed by atoms with Crippen LogP contribution in [0.2, 0.25) is 5.15 Å². The average molecular weight is 397 g/mol. The van der Waals surface area contributed by atoms with Crippen LogP contribution in [0.15, 0.2) is 54.6 Å². The molecule has 1 heterocycles. The molecule has 1 aromatic heterocycles. The number of rotatable bonds is 5. The highest BCUT2D eigenvalue weighted by atomic mass is 35.5. The summed E-state index contributed by atoms with van der Waals surface area (Å²) in [7, 11) is 0. The molecule has 0 radical (unpaired) electrons. The van der Waals surface area contributed by atoms with E-state index >= 15 is 0 Å². The molecule has 2 N–H and O–H groups in total. The Bertz CT molecular complexity index is 1010. The highest BCUT2D eigenvalue weighted by molar-refractivity contribution is 6.34. The van der Waals surface area contributed by atoms with Crippen LogP contribution in [-0.2, 0) is 4.79 Å². The predicted molar refractivity (Wildman–Crippen MR) is 111 cm³/mol. The summed E-state index contributed by atoms with van der Waals surface area (Å²) in [5.41, 5.74) is 2.76. The molecular weight excluding hydrogens is 376 g/mol. The fourth-order valence-corrected chi connectivity index (χ4v) is 3.01. The molecule has 6 nitrogen and oxygen atoms in total. The van der Waals surface area contributed by atoms with Crippen molar-refractivity contribution in [1.82, 2.24) is 9.78 Å². The number of carbonyl (C=O) groups is 2. The number of hydrogen-bond acceptors (Lipinski definition) is 3. The van der Waals surface area contributed by atoms with Gasteiger partial charge in [-0.05, 0) is 37.3 Å². The Morgan fingerprint density at radius 1 is 1.00 bits per heavy atom. The normalized spacial score (nSPS) is 10.8. The first kappa shape index (κ1) is 19.6. The molecule has 2 aromatic carbocycles. The molecule has 3 rings (SSSR count). The molecule has 0 aliphatic carbocycles. The van der Waals surface area contributed by atoms with Crippen molar-refractivity contribution in [2.45, 2.75) is 20.8 Å². The number of anilines is 2. The van der Waals surface area contributed by atoms with Gasteiger partial charge in [0.25, 0.3) is 5.91 Å². The zero-order chi connectivity index (χ0) is 20.3. The minimum atomic E-state index is -0.364. The lowest BCUT2D eigenvalue weighted by Crippen LogP contribution is -2.18. The van der Waals surface area contributed by atoms with Crippen molar-refractivity contribution in [1.29, 1.82) is 0 Å². The number of carbonyl (C=O) groups excluding carboxylic acids is 2. The van der Waals surface area contributed by atoms with Gasteiger partial charge in [0.1, 0.15) is 10.7 Å². The Labute approximate surface area is 168 Å². The number of nitrogens with one attached hydrogen (secondary N) is 2. The maximum absolute atomic E-state index is 12.8. The minimum absolute atomic E-state index is 0.0912. The number of benzene rings is 2. The van der Waals surface area contributed by atoms with Crippen LogP contribution in [0.5, 0.6) is 0 Å². The molecule has 0 spiro atoms. The van der Waals surface area contributed by atoms with E-state index in [1.807, 2.05) is 44.2 Å². The van der Waals surface area contributed by atoms with Gasteiger partial charge < -0.3 is 10.6 Å². The van der Waals surface area contributed by atoms with Crippen LogP contribution < -0.4 is 10.6 Å². The third kappa shape index (κ3) is 4.23. The lowest BCUT2D eigenvalue weighted by atomic mass is 10.2. The van der Waals surface area contributed by atoms with Crippen molar-refractivity contribution >= 4 is 34.8 Å². The van der Waals surface area contributed by atoms with E-state index in [-0.39, 0.29) is 22.9 Å². The first-order valence-corrected chi connectivity index (χ1v) is 9.27. The van der Waals surface area contributed by atoms with Crippen LogP contribution in [0.3, 0.4) is 0 Å². The zero-order valence-corrected chi connectivity index (χ0v) is 16.6. The van der Waals surface area contributed by atoms with Crippen LogP contribution in [0.25, 0.3) is 5.69 Å². The lowest BCUT2D eigenvalue weighted by Gasteiger charge is -2.10. The first-order valence-electron chi connectivity index (χ1n) is 8.89. The Kier molecular flexibility index (Phi) is 5.80. The number of halogens is 1. The van der Waals surface area contributed by atoms with Gasteiger partial charge in [-0.25, -0.2) is 4.68 Å². The van der Waals surface area contributed by atoms with Gasteiger partial charge in [0.2, 0.25) is 5.91 Å². The number of para-hydroxylation sites is 1. The number of amides is 2. The summed E-state index contributed by atoms with van der Waals surface area (Å²) in [6, 6.07) is 16.3. The monoisotopic (exact) mass is 396 g/mol. The van der Waals surface area contributed by atoms with Gasteiger partial charge in [-0.3, -0.25) is 9.59 Å². The van der Waals surface area contributed by atoms with Crippen LogP contribution in [-0.4, -0.2) is 21.6 Å². The van der Waals surface area contributed by atoms with E-state index in [0.717, 1.165) is 5.69 Å². The molecule has 0 saturated carbocycles. The fraction of sp³-hybridized carbons (Fsp3) is 0.190. The van der Waals surface area contributed by atoms with Gasteiger partial charge in [0.15, 0.2) is 0 Å². The van der Waals surface area contributed by atoms with E-state index in [0.29, 0.717) is 22.6 Å². The standard InChI is InChI=1S/C21H21ClN4O2/c1-13(2)20(27)23-15-8-7-9-16(12-15)24-21(28)18-14(3)25-26(19(18)22)17-10-5-4-6-11-17/h4-13H,1-3H3,(H,23,27)(H,24,28). The lowest BCUT2D eigenvalue weighted by molar-refractivity contribution is -0.118. The molecule has 0 aliphatic rings. The smallest absolute Gasteiger partial charge is 0.260 e. The van der Waals surface area contributed by atoms with Crippen LogP contribution in [0, 0.1) is 12.8 Å². The molecule has 0 fully saturated rings. The number of hydrogen-bond donors (Lipinski definition) is 2. The number of nitrogens with zero attached hydrogens (tertiary/aromatic N) is 2. The van der Waals surface area contributed by atoms with E-state index in [4.69, 9.17) is 11.6 Å². The van der Waals surface area contributed by atoms with Crippen LogP contribution in [0.1, 0.15) is 29.9 Å². The van der Waals surface area contributed by atoms with Crippen molar-refractivity contribution in [3.05, 3.63) is 71.0 Å². The summed E-state index contributed by atoms with van der Waals surface area (Å²) in [6.07, 6.45) is 0. The van der Waals surface area contributed by atoms with E-state index in [2.05, 4.69) is 15.7 Å². The molecule has 2 amide bonds. The summed E-state index contributed by atoms with van der Waals surface area (Å²) < 4.78 is 1.53. The average Bonchev–Trinajstić information content (AvgIpc) is 2.97. The molecule has 0 aliphatic heterocycles. The molecule has 0 saturated heterocycles. The Morgan fingerprint density at radius 3 is 2.29 bits per heavy atom. The van der Waals surface area contributed by atoms with E-state index in [1.165, 1.54) is 4.68 Å². The fourth-order valence-electron chi connectivity index (χ4n) is 2.65. The highest BCUT2D eigenvalue weighted by Crippen LogP contribution is 2.25. The van der Waals surface area contributed by atoms with Gasteiger partial charge in [-0.2, -0.15) is 5.10 Å². The third-order valence-electron chi connectivity index (χ3n) is 4.14. The zero-order valence-electron chi connectivity index (χ0n) is 15.9. The third-order valence-corrected chi connectivity index (χ3v) is 4.49. The minimum Gasteiger partial charge on any atom is -0.326 e. The van der Waals surface area contributed by atoms with Crippen LogP contribution >= 0.6 is 11.6 Å². The number of aryl methyl sites for hydroxylation is 1. The molecule has 0 unspecified atom stereocenters. The second kappa shape index (κ2) is 8.27. The quantitative estimate of drug-likeness (QED) is 0.657. The maximum atomic E-state index is 12.8. The number of aromatic nitrogens is 2. The SMILES string of the molecule is Cc1nn(-c2ccccc2)c(Cl)c1C(=O)Nc1cccc(NC(=O)C(C)C)c1. The summed E-state index contributed by atoms with van der Waals surface area (Å²) >= 11 is 6.44. The Morgan fingerprint density at radius 2 is 1.64 bits per heavy atom. The molecule has 0 atom stereocenters. The van der Waals surface area contributed by atoms with Gasteiger partial charge in [-0.15, -0.1) is 0 Å². The van der Waals surface area contributed by atoms with E-state index < -0.39 is 0 Å². The topological polar surface area (TPSA) is 76.0 Å². The largest absolute Gasteiger partial charge is 0.326 e. The second-order valence-corrected chi connectivity index (χ2v) is 7.04. The Balaban J connectivity index is 1.83. The summed E-state index contributed by atoms with van der Waals surface area (Å²) in [4.78, 5) is 24.7. The molecule has 3 aromatic rings. The molecular formula is C21H21ClN4O2. The second-order valence-electron chi connectivity index (χ2n) is 6.68. The molecule has 144 valence electrons. The van der Waals surface area contributed by atoms with Gasteiger partial charge >= 0.3 is 0 Å². The highest BCUT2D eigenvalue weighted by Gasteiger charge is 2.21.